The molecule has 0 radical (unpaired) electrons. The molecule has 1 aliphatic rings. The maximum absolute atomic E-state index is 5.58. The summed E-state index contributed by atoms with van der Waals surface area (Å²) in [4.78, 5) is 7.97. The second kappa shape index (κ2) is 5.14. The molecule has 0 amide bonds. The number of rotatable bonds is 4. The lowest BCUT2D eigenvalue weighted by Gasteiger charge is -2.08. The van der Waals surface area contributed by atoms with Crippen molar-refractivity contribution in [3.8, 4) is 0 Å². The average molecular weight is 245 g/mol. The SMILES string of the molecule is c1cc(Nc2cnn(CC3CCCO3)c2)ncn1. The van der Waals surface area contributed by atoms with Gasteiger partial charge in [-0.15, -0.1) is 0 Å². The van der Waals surface area contributed by atoms with Crippen LogP contribution in [0, 0.1) is 0 Å². The zero-order valence-electron chi connectivity index (χ0n) is 9.99. The molecule has 0 aliphatic carbocycles. The van der Waals surface area contributed by atoms with E-state index in [1.54, 1.807) is 12.4 Å². The molecule has 3 rings (SSSR count). The van der Waals surface area contributed by atoms with Crippen molar-refractivity contribution in [1.29, 1.82) is 0 Å². The molecular weight excluding hydrogens is 230 g/mol. The molecule has 1 unspecified atom stereocenters. The Morgan fingerprint density at radius 2 is 2.50 bits per heavy atom. The van der Waals surface area contributed by atoms with Gasteiger partial charge in [0.25, 0.3) is 0 Å². The van der Waals surface area contributed by atoms with E-state index in [0.717, 1.165) is 37.5 Å². The third-order valence-electron chi connectivity index (χ3n) is 2.90. The summed E-state index contributed by atoms with van der Waals surface area (Å²) in [5, 5.41) is 7.48. The van der Waals surface area contributed by atoms with Crippen molar-refractivity contribution in [2.24, 2.45) is 0 Å². The van der Waals surface area contributed by atoms with E-state index >= 15 is 0 Å². The largest absolute Gasteiger partial charge is 0.376 e. The van der Waals surface area contributed by atoms with Gasteiger partial charge in [-0.3, -0.25) is 4.68 Å². The maximum Gasteiger partial charge on any atom is 0.133 e. The standard InChI is InChI=1S/C12H15N5O/c1-2-11(18-5-1)8-17-7-10(6-15-17)16-12-3-4-13-9-14-12/h3-4,6-7,9,11H,1-2,5,8H2,(H,13,14,16). The average Bonchev–Trinajstić information content (AvgIpc) is 3.03. The molecule has 6 nitrogen and oxygen atoms in total. The van der Waals surface area contributed by atoms with Crippen LogP contribution in [-0.2, 0) is 11.3 Å². The Balaban J connectivity index is 1.62. The highest BCUT2D eigenvalue weighted by atomic mass is 16.5. The Hall–Kier alpha value is -1.95. The highest BCUT2D eigenvalue weighted by Gasteiger charge is 2.16. The number of aromatic nitrogens is 4. The quantitative estimate of drug-likeness (QED) is 0.886. The summed E-state index contributed by atoms with van der Waals surface area (Å²) in [6.45, 7) is 1.68. The number of nitrogens with one attached hydrogen (secondary N) is 1. The van der Waals surface area contributed by atoms with Crippen LogP contribution >= 0.6 is 0 Å². The fourth-order valence-electron chi connectivity index (χ4n) is 2.04. The molecule has 94 valence electrons. The van der Waals surface area contributed by atoms with E-state index in [0.29, 0.717) is 6.10 Å². The van der Waals surface area contributed by atoms with Crippen molar-refractivity contribution in [3.05, 3.63) is 31.0 Å². The molecule has 0 aromatic carbocycles. The van der Waals surface area contributed by atoms with Crippen LogP contribution < -0.4 is 5.32 Å². The van der Waals surface area contributed by atoms with Crippen LogP contribution in [0.1, 0.15) is 12.8 Å². The van der Waals surface area contributed by atoms with Crippen LogP contribution in [0.3, 0.4) is 0 Å². The Kier molecular flexibility index (Phi) is 3.18. The van der Waals surface area contributed by atoms with Gasteiger partial charge < -0.3 is 10.1 Å². The van der Waals surface area contributed by atoms with E-state index in [1.165, 1.54) is 6.33 Å². The summed E-state index contributed by atoms with van der Waals surface area (Å²) in [5.74, 6) is 0.765. The van der Waals surface area contributed by atoms with Crippen molar-refractivity contribution >= 4 is 11.5 Å². The second-order valence-electron chi connectivity index (χ2n) is 4.31. The molecule has 6 heteroatoms. The van der Waals surface area contributed by atoms with Crippen LogP contribution in [0.2, 0.25) is 0 Å². The lowest BCUT2D eigenvalue weighted by Crippen LogP contribution is -2.15. The van der Waals surface area contributed by atoms with Crippen LogP contribution in [-0.4, -0.2) is 32.5 Å². The van der Waals surface area contributed by atoms with Crippen molar-refractivity contribution in [3.63, 3.8) is 0 Å². The predicted octanol–water partition coefficient (Wildman–Crippen LogP) is 1.60. The summed E-state index contributed by atoms with van der Waals surface area (Å²) >= 11 is 0. The molecule has 1 aliphatic heterocycles. The summed E-state index contributed by atoms with van der Waals surface area (Å²) in [6, 6.07) is 1.82. The predicted molar refractivity (Wildman–Crippen MR) is 66.5 cm³/mol. The van der Waals surface area contributed by atoms with Crippen molar-refractivity contribution in [2.75, 3.05) is 11.9 Å². The second-order valence-corrected chi connectivity index (χ2v) is 4.31. The highest BCUT2D eigenvalue weighted by Crippen LogP contribution is 2.16. The lowest BCUT2D eigenvalue weighted by molar-refractivity contribution is 0.0940. The molecule has 18 heavy (non-hydrogen) atoms. The van der Waals surface area contributed by atoms with Gasteiger partial charge in [0.05, 0.1) is 24.5 Å². The number of anilines is 2. The number of hydrogen-bond acceptors (Lipinski definition) is 5. The smallest absolute Gasteiger partial charge is 0.133 e. The van der Waals surface area contributed by atoms with E-state index in [-0.39, 0.29) is 0 Å². The Morgan fingerprint density at radius 3 is 3.28 bits per heavy atom. The lowest BCUT2D eigenvalue weighted by atomic mass is 10.2. The molecule has 0 saturated carbocycles. The molecule has 3 heterocycles. The van der Waals surface area contributed by atoms with Gasteiger partial charge in [0, 0.05) is 19.0 Å². The van der Waals surface area contributed by atoms with Crippen molar-refractivity contribution < 1.29 is 4.74 Å². The third kappa shape index (κ3) is 2.65. The van der Waals surface area contributed by atoms with Gasteiger partial charge in [0.15, 0.2) is 0 Å². The van der Waals surface area contributed by atoms with Gasteiger partial charge in [-0.2, -0.15) is 5.10 Å². The minimum Gasteiger partial charge on any atom is -0.376 e. The Morgan fingerprint density at radius 1 is 1.50 bits per heavy atom. The summed E-state index contributed by atoms with van der Waals surface area (Å²) in [5.41, 5.74) is 0.923. The monoisotopic (exact) mass is 245 g/mol. The summed E-state index contributed by atoms with van der Waals surface area (Å²) < 4.78 is 7.48. The van der Waals surface area contributed by atoms with Gasteiger partial charge in [-0.1, -0.05) is 0 Å². The molecular formula is C12H15N5O. The highest BCUT2D eigenvalue weighted by molar-refractivity contribution is 5.52. The van der Waals surface area contributed by atoms with Crippen LogP contribution in [0.5, 0.6) is 0 Å². The maximum atomic E-state index is 5.58. The molecule has 1 N–H and O–H groups in total. The summed E-state index contributed by atoms with van der Waals surface area (Å²) in [6.07, 6.45) is 9.54. The van der Waals surface area contributed by atoms with Gasteiger partial charge in [0.1, 0.15) is 12.1 Å². The van der Waals surface area contributed by atoms with E-state index in [4.69, 9.17) is 4.74 Å². The van der Waals surface area contributed by atoms with Crippen LogP contribution in [0.4, 0.5) is 11.5 Å². The zero-order valence-corrected chi connectivity index (χ0v) is 9.99. The molecule has 1 atom stereocenters. The fourth-order valence-corrected chi connectivity index (χ4v) is 2.04. The third-order valence-corrected chi connectivity index (χ3v) is 2.90. The van der Waals surface area contributed by atoms with Crippen molar-refractivity contribution in [2.45, 2.75) is 25.5 Å². The van der Waals surface area contributed by atoms with Gasteiger partial charge in [0.2, 0.25) is 0 Å². The molecule has 0 spiro atoms. The normalized spacial score (nSPS) is 19.0. The summed E-state index contributed by atoms with van der Waals surface area (Å²) in [7, 11) is 0. The minimum absolute atomic E-state index is 0.303. The van der Waals surface area contributed by atoms with E-state index in [2.05, 4.69) is 20.4 Å². The molecule has 1 saturated heterocycles. The van der Waals surface area contributed by atoms with E-state index in [9.17, 15) is 0 Å². The number of nitrogens with zero attached hydrogens (tertiary/aromatic N) is 4. The molecule has 0 bridgehead atoms. The molecule has 1 fully saturated rings. The topological polar surface area (TPSA) is 64.9 Å². The molecule has 2 aromatic rings. The Bertz CT molecular complexity index is 492. The number of hydrogen-bond donors (Lipinski definition) is 1. The zero-order chi connectivity index (χ0) is 12.2. The van der Waals surface area contributed by atoms with E-state index < -0.39 is 0 Å². The minimum atomic E-state index is 0.303. The first-order valence-electron chi connectivity index (χ1n) is 6.07. The number of ether oxygens (including phenoxy) is 1. The fraction of sp³-hybridized carbons (Fsp3) is 0.417. The van der Waals surface area contributed by atoms with E-state index in [1.807, 2.05) is 16.9 Å². The first-order valence-corrected chi connectivity index (χ1v) is 6.07. The van der Waals surface area contributed by atoms with Gasteiger partial charge in [-0.05, 0) is 18.9 Å². The Labute approximate surface area is 105 Å². The van der Waals surface area contributed by atoms with Crippen molar-refractivity contribution in [1.82, 2.24) is 19.7 Å². The van der Waals surface area contributed by atoms with Crippen LogP contribution in [0.25, 0.3) is 0 Å². The van der Waals surface area contributed by atoms with Crippen LogP contribution in [0.15, 0.2) is 31.0 Å². The first kappa shape index (κ1) is 11.2. The van der Waals surface area contributed by atoms with Gasteiger partial charge in [-0.25, -0.2) is 9.97 Å². The van der Waals surface area contributed by atoms with Gasteiger partial charge >= 0.3 is 0 Å². The first-order chi connectivity index (χ1) is 8.90. The molecule has 2 aromatic heterocycles.